The van der Waals surface area contributed by atoms with Crippen LogP contribution in [0.25, 0.3) is 0 Å². The molecule has 1 aromatic heterocycles. The van der Waals surface area contributed by atoms with Gasteiger partial charge < -0.3 is 15.2 Å². The summed E-state index contributed by atoms with van der Waals surface area (Å²) in [5, 5.41) is 16.0. The Morgan fingerprint density at radius 2 is 2.29 bits per heavy atom. The predicted molar refractivity (Wildman–Crippen MR) is 67.3 cm³/mol. The largest absolute Gasteiger partial charge is 0.507 e. The summed E-state index contributed by atoms with van der Waals surface area (Å²) in [6.45, 7) is 1.32. The van der Waals surface area contributed by atoms with Gasteiger partial charge in [-0.3, -0.25) is 0 Å². The van der Waals surface area contributed by atoms with Crippen molar-refractivity contribution in [2.75, 3.05) is 7.11 Å². The lowest BCUT2D eigenvalue weighted by molar-refractivity contribution is 0.406. The number of aromatic nitrogens is 1. The molecular weight excluding hydrogens is 236 g/mol. The van der Waals surface area contributed by atoms with E-state index in [1.165, 1.54) is 0 Å². The van der Waals surface area contributed by atoms with Crippen LogP contribution in [-0.4, -0.2) is 17.2 Å². The van der Waals surface area contributed by atoms with Gasteiger partial charge in [0.25, 0.3) is 0 Å². The fourth-order valence-electron chi connectivity index (χ4n) is 1.46. The van der Waals surface area contributed by atoms with Gasteiger partial charge in [0, 0.05) is 36.3 Å². The third kappa shape index (κ3) is 3.18. The van der Waals surface area contributed by atoms with Gasteiger partial charge in [0.05, 0.1) is 7.11 Å². The molecule has 4 nitrogen and oxygen atoms in total. The average molecular weight is 250 g/mol. The Morgan fingerprint density at radius 3 is 2.94 bits per heavy atom. The predicted octanol–water partition coefficient (Wildman–Crippen LogP) is 2.15. The van der Waals surface area contributed by atoms with Gasteiger partial charge in [-0.1, -0.05) is 6.07 Å². The maximum absolute atomic E-state index is 9.75. The van der Waals surface area contributed by atoms with Crippen LogP contribution in [0.15, 0.2) is 29.8 Å². The number of methoxy groups -OCH3 is 1. The van der Waals surface area contributed by atoms with Gasteiger partial charge in [0.15, 0.2) is 0 Å². The highest BCUT2D eigenvalue weighted by atomic mass is 32.1. The molecule has 0 aliphatic carbocycles. The first-order valence-corrected chi connectivity index (χ1v) is 6.12. The second-order valence-corrected chi connectivity index (χ2v) is 4.50. The van der Waals surface area contributed by atoms with E-state index in [9.17, 15) is 5.11 Å². The Morgan fingerprint density at radius 1 is 1.41 bits per heavy atom. The molecule has 0 fully saturated rings. The Labute approximate surface area is 104 Å². The third-order valence-electron chi connectivity index (χ3n) is 2.37. The third-order valence-corrected chi connectivity index (χ3v) is 3.15. The molecule has 2 N–H and O–H groups in total. The zero-order chi connectivity index (χ0) is 12.1. The van der Waals surface area contributed by atoms with E-state index in [2.05, 4.69) is 10.3 Å². The molecule has 0 saturated heterocycles. The van der Waals surface area contributed by atoms with Crippen LogP contribution in [0.2, 0.25) is 0 Å². The van der Waals surface area contributed by atoms with Crippen molar-refractivity contribution in [3.63, 3.8) is 0 Å². The molecule has 0 amide bonds. The lowest BCUT2D eigenvalue weighted by atomic mass is 10.2. The second-order valence-electron chi connectivity index (χ2n) is 3.52. The number of phenols is 1. The first kappa shape index (κ1) is 11.9. The van der Waals surface area contributed by atoms with Gasteiger partial charge in [-0.15, -0.1) is 11.3 Å². The summed E-state index contributed by atoms with van der Waals surface area (Å²) in [6.07, 6.45) is 1.78. The number of thiazole rings is 1. The van der Waals surface area contributed by atoms with Gasteiger partial charge in [-0.05, 0) is 6.07 Å². The minimum absolute atomic E-state index is 0.246. The smallest absolute Gasteiger partial charge is 0.123 e. The van der Waals surface area contributed by atoms with Crippen molar-refractivity contribution in [2.24, 2.45) is 0 Å². The first-order valence-electron chi connectivity index (χ1n) is 5.24. The Bertz CT molecular complexity index is 471. The summed E-state index contributed by atoms with van der Waals surface area (Å²) in [7, 11) is 1.58. The summed E-state index contributed by atoms with van der Waals surface area (Å²) in [4.78, 5) is 4.17. The van der Waals surface area contributed by atoms with Crippen molar-refractivity contribution in [1.29, 1.82) is 0 Å². The van der Waals surface area contributed by atoms with E-state index < -0.39 is 0 Å². The van der Waals surface area contributed by atoms with E-state index in [1.807, 2.05) is 17.5 Å². The summed E-state index contributed by atoms with van der Waals surface area (Å²) < 4.78 is 5.02. The number of nitrogens with one attached hydrogen (secondary N) is 1. The Hall–Kier alpha value is -1.59. The minimum atomic E-state index is 0.246. The molecule has 2 rings (SSSR count). The van der Waals surface area contributed by atoms with E-state index in [1.54, 1.807) is 30.7 Å². The molecule has 90 valence electrons. The van der Waals surface area contributed by atoms with E-state index in [0.717, 1.165) is 10.6 Å². The van der Waals surface area contributed by atoms with Gasteiger partial charge in [0.1, 0.15) is 16.5 Å². The highest BCUT2D eigenvalue weighted by Crippen LogP contribution is 2.23. The number of aromatic hydroxyl groups is 1. The number of phenolic OH excluding ortho intramolecular Hbond substituents is 1. The van der Waals surface area contributed by atoms with Gasteiger partial charge in [0.2, 0.25) is 0 Å². The molecular formula is C12H14N2O2S. The summed E-state index contributed by atoms with van der Waals surface area (Å²) in [5.41, 5.74) is 0.849. The second kappa shape index (κ2) is 5.65. The summed E-state index contributed by atoms with van der Waals surface area (Å²) in [6, 6.07) is 5.30. The van der Waals surface area contributed by atoms with Crippen molar-refractivity contribution in [2.45, 2.75) is 13.1 Å². The normalized spacial score (nSPS) is 10.4. The number of rotatable bonds is 5. The average Bonchev–Trinajstić information content (AvgIpc) is 2.84. The first-order chi connectivity index (χ1) is 8.29. The molecule has 0 spiro atoms. The maximum atomic E-state index is 9.75. The van der Waals surface area contributed by atoms with Crippen LogP contribution < -0.4 is 10.1 Å². The van der Waals surface area contributed by atoms with Crippen LogP contribution in [0.1, 0.15) is 10.6 Å². The fourth-order valence-corrected chi connectivity index (χ4v) is 2.05. The van der Waals surface area contributed by atoms with Crippen molar-refractivity contribution < 1.29 is 9.84 Å². The van der Waals surface area contributed by atoms with E-state index in [4.69, 9.17) is 4.74 Å². The number of hydrogen-bond donors (Lipinski definition) is 2. The van der Waals surface area contributed by atoms with Crippen molar-refractivity contribution in [1.82, 2.24) is 10.3 Å². The zero-order valence-electron chi connectivity index (χ0n) is 9.51. The molecule has 17 heavy (non-hydrogen) atoms. The number of benzene rings is 1. The lowest BCUT2D eigenvalue weighted by Crippen LogP contribution is -2.12. The fraction of sp³-hybridized carbons (Fsp3) is 0.250. The molecule has 0 saturated carbocycles. The lowest BCUT2D eigenvalue weighted by Gasteiger charge is -2.07. The molecule has 0 aliphatic rings. The Balaban J connectivity index is 1.90. The summed E-state index contributed by atoms with van der Waals surface area (Å²) >= 11 is 1.61. The highest BCUT2D eigenvalue weighted by molar-refractivity contribution is 7.09. The quantitative estimate of drug-likeness (QED) is 0.853. The topological polar surface area (TPSA) is 54.4 Å². The minimum Gasteiger partial charge on any atom is -0.507 e. The van der Waals surface area contributed by atoms with Crippen LogP contribution in [-0.2, 0) is 13.1 Å². The van der Waals surface area contributed by atoms with Crippen LogP contribution in [0.3, 0.4) is 0 Å². The van der Waals surface area contributed by atoms with Crippen molar-refractivity contribution >= 4 is 11.3 Å². The maximum Gasteiger partial charge on any atom is 0.123 e. The van der Waals surface area contributed by atoms with Crippen LogP contribution in [0, 0.1) is 0 Å². The molecule has 0 atom stereocenters. The van der Waals surface area contributed by atoms with Crippen LogP contribution >= 0.6 is 11.3 Å². The highest BCUT2D eigenvalue weighted by Gasteiger charge is 2.03. The molecule has 0 radical (unpaired) electrons. The van der Waals surface area contributed by atoms with E-state index >= 15 is 0 Å². The molecule has 1 aromatic carbocycles. The van der Waals surface area contributed by atoms with Gasteiger partial charge in [-0.25, -0.2) is 4.98 Å². The number of nitrogens with zero attached hydrogens (tertiary/aromatic N) is 1. The zero-order valence-corrected chi connectivity index (χ0v) is 10.3. The van der Waals surface area contributed by atoms with E-state index in [-0.39, 0.29) is 5.75 Å². The summed E-state index contributed by atoms with van der Waals surface area (Å²) in [5.74, 6) is 0.905. The molecule has 1 heterocycles. The molecule has 2 aromatic rings. The molecule has 5 heteroatoms. The van der Waals surface area contributed by atoms with Gasteiger partial charge in [-0.2, -0.15) is 0 Å². The molecule has 0 aliphatic heterocycles. The molecule has 0 unspecified atom stereocenters. The standard InChI is InChI=1S/C12H14N2O2S/c1-16-10-3-2-9(11(15)6-10)7-13-8-12-14-4-5-17-12/h2-6,13,15H,7-8H2,1H3. The monoisotopic (exact) mass is 250 g/mol. The van der Waals surface area contributed by atoms with Crippen molar-refractivity contribution in [3.05, 3.63) is 40.3 Å². The number of ether oxygens (including phenoxy) is 1. The van der Waals surface area contributed by atoms with Crippen LogP contribution in [0.4, 0.5) is 0 Å². The van der Waals surface area contributed by atoms with Gasteiger partial charge >= 0.3 is 0 Å². The number of hydrogen-bond acceptors (Lipinski definition) is 5. The van der Waals surface area contributed by atoms with E-state index in [0.29, 0.717) is 18.8 Å². The SMILES string of the molecule is COc1ccc(CNCc2nccs2)c(O)c1. The Kier molecular flexibility index (Phi) is 3.95. The van der Waals surface area contributed by atoms with Crippen molar-refractivity contribution in [3.8, 4) is 11.5 Å². The molecule has 0 bridgehead atoms. The van der Waals surface area contributed by atoms with Crippen LogP contribution in [0.5, 0.6) is 11.5 Å².